The van der Waals surface area contributed by atoms with Crippen LogP contribution in [0.5, 0.6) is 5.75 Å². The summed E-state index contributed by atoms with van der Waals surface area (Å²) >= 11 is 0. The van der Waals surface area contributed by atoms with Crippen LogP contribution >= 0.6 is 0 Å². The summed E-state index contributed by atoms with van der Waals surface area (Å²) < 4.78 is 35.2. The van der Waals surface area contributed by atoms with Gasteiger partial charge in [-0.25, -0.2) is 13.2 Å². The lowest BCUT2D eigenvalue weighted by atomic mass is 9.92. The van der Waals surface area contributed by atoms with Crippen molar-refractivity contribution in [2.75, 3.05) is 37.2 Å². The summed E-state index contributed by atoms with van der Waals surface area (Å²) in [5.41, 5.74) is 3.63. The summed E-state index contributed by atoms with van der Waals surface area (Å²) in [5, 5.41) is 11.0. The highest BCUT2D eigenvalue weighted by Gasteiger charge is 2.33. The van der Waals surface area contributed by atoms with Gasteiger partial charge >= 0.3 is 6.03 Å². The van der Waals surface area contributed by atoms with Gasteiger partial charge in [0.15, 0.2) is 0 Å². The van der Waals surface area contributed by atoms with Gasteiger partial charge in [-0.05, 0) is 61.9 Å². The first-order valence-corrected chi connectivity index (χ1v) is 15.2. The van der Waals surface area contributed by atoms with Crippen molar-refractivity contribution in [2.45, 2.75) is 45.1 Å². The number of rotatable bonds is 11. The average Bonchev–Trinajstić information content (AvgIpc) is 3.33. The first-order valence-electron chi connectivity index (χ1n) is 13.6. The summed E-state index contributed by atoms with van der Waals surface area (Å²) in [7, 11) is -1.79. The molecular weight excluding hydrogens is 530 g/mol. The number of ether oxygens (including phenoxy) is 1. The number of urea groups is 1. The predicted molar refractivity (Wildman–Crippen MR) is 153 cm³/mol. The van der Waals surface area contributed by atoms with Gasteiger partial charge in [0.2, 0.25) is 15.9 Å². The van der Waals surface area contributed by atoms with Crippen LogP contribution in [0.1, 0.15) is 50.6 Å². The molecule has 11 heteroatoms. The van der Waals surface area contributed by atoms with E-state index in [1.54, 1.807) is 19.2 Å². The molecule has 1 saturated carbocycles. The summed E-state index contributed by atoms with van der Waals surface area (Å²) in [5.74, 6) is 0.508. The Morgan fingerprint density at radius 3 is 2.48 bits per heavy atom. The van der Waals surface area contributed by atoms with Gasteiger partial charge in [-0.1, -0.05) is 19.1 Å². The van der Waals surface area contributed by atoms with Gasteiger partial charge in [0.1, 0.15) is 18.4 Å². The number of benzene rings is 2. The number of anilines is 1. The second-order valence-electron chi connectivity index (χ2n) is 10.4. The summed E-state index contributed by atoms with van der Waals surface area (Å²) in [6, 6.07) is 15.2. The Bertz CT molecular complexity index is 1590. The molecule has 1 aromatic heterocycles. The van der Waals surface area contributed by atoms with E-state index in [1.807, 2.05) is 37.3 Å². The maximum atomic E-state index is 12.2. The monoisotopic (exact) mass is 563 g/mol. The van der Waals surface area contributed by atoms with Crippen LogP contribution in [-0.4, -0.2) is 67.2 Å². The standard InChI is InChI=1S/C29H33N5O5S/c1-3-16-40(37,38)31-21-10-8-20(9-11-21)28-25(18-30)24-13-12-23(17-26(24)34(28)22-6-4-7-22)39-15-5-14-33-27(35)19-32(2)29(33)36/h8-13,17,22,31H,3-7,14-16,19H2,1-2H3. The first kappa shape index (κ1) is 27.5. The van der Waals surface area contributed by atoms with E-state index >= 15 is 0 Å². The van der Waals surface area contributed by atoms with E-state index in [9.17, 15) is 23.3 Å². The highest BCUT2D eigenvalue weighted by molar-refractivity contribution is 7.92. The van der Waals surface area contributed by atoms with E-state index in [1.165, 1.54) is 9.80 Å². The van der Waals surface area contributed by atoms with E-state index in [-0.39, 0.29) is 30.3 Å². The summed E-state index contributed by atoms with van der Waals surface area (Å²) in [6.45, 7) is 2.56. The molecule has 1 aliphatic carbocycles. The number of amides is 3. The minimum Gasteiger partial charge on any atom is -0.493 e. The van der Waals surface area contributed by atoms with Crippen LogP contribution in [0.4, 0.5) is 10.5 Å². The second-order valence-corrected chi connectivity index (χ2v) is 12.2. The number of carbonyl (C=O) groups excluding carboxylic acids is 2. The number of carbonyl (C=O) groups is 2. The zero-order chi connectivity index (χ0) is 28.4. The molecule has 1 aliphatic heterocycles. The molecule has 5 rings (SSSR count). The Kier molecular flexibility index (Phi) is 7.72. The number of hydrogen-bond acceptors (Lipinski definition) is 6. The molecule has 0 spiro atoms. The molecular formula is C29H33N5O5S. The zero-order valence-corrected chi connectivity index (χ0v) is 23.5. The van der Waals surface area contributed by atoms with Crippen molar-refractivity contribution < 1.29 is 22.7 Å². The molecule has 210 valence electrons. The van der Waals surface area contributed by atoms with E-state index < -0.39 is 10.0 Å². The fourth-order valence-corrected chi connectivity index (χ4v) is 6.43. The van der Waals surface area contributed by atoms with Crippen LogP contribution in [0.25, 0.3) is 22.2 Å². The van der Waals surface area contributed by atoms with E-state index in [0.29, 0.717) is 43.0 Å². The molecule has 40 heavy (non-hydrogen) atoms. The molecule has 2 aromatic carbocycles. The third-order valence-corrected chi connectivity index (χ3v) is 8.95. The second kappa shape index (κ2) is 11.2. The van der Waals surface area contributed by atoms with Crippen molar-refractivity contribution in [3.05, 3.63) is 48.0 Å². The van der Waals surface area contributed by atoms with Crippen molar-refractivity contribution in [2.24, 2.45) is 0 Å². The molecule has 3 aromatic rings. The molecule has 0 radical (unpaired) electrons. The molecule has 10 nitrogen and oxygen atoms in total. The van der Waals surface area contributed by atoms with Crippen molar-refractivity contribution in [3.8, 4) is 23.1 Å². The van der Waals surface area contributed by atoms with Crippen molar-refractivity contribution in [3.63, 3.8) is 0 Å². The van der Waals surface area contributed by atoms with Crippen LogP contribution in [0.15, 0.2) is 42.5 Å². The van der Waals surface area contributed by atoms with Crippen LogP contribution < -0.4 is 9.46 Å². The van der Waals surface area contributed by atoms with Crippen molar-refractivity contribution in [1.29, 1.82) is 5.26 Å². The maximum absolute atomic E-state index is 12.2. The zero-order valence-electron chi connectivity index (χ0n) is 22.7. The van der Waals surface area contributed by atoms with Crippen LogP contribution in [-0.2, 0) is 14.8 Å². The number of hydrogen-bond donors (Lipinski definition) is 1. The van der Waals surface area contributed by atoms with Crippen LogP contribution in [0, 0.1) is 11.3 Å². The van der Waals surface area contributed by atoms with Gasteiger partial charge in [-0.3, -0.25) is 14.4 Å². The number of sulfonamides is 1. The van der Waals surface area contributed by atoms with Gasteiger partial charge in [0.25, 0.3) is 0 Å². The minimum atomic E-state index is -3.40. The Morgan fingerprint density at radius 1 is 1.12 bits per heavy atom. The molecule has 0 bridgehead atoms. The summed E-state index contributed by atoms with van der Waals surface area (Å²) in [6.07, 6.45) is 4.17. The molecule has 3 amide bonds. The molecule has 2 heterocycles. The number of nitriles is 1. The quantitative estimate of drug-likeness (QED) is 0.266. The molecule has 1 N–H and O–H groups in total. The third kappa shape index (κ3) is 5.36. The molecule has 0 unspecified atom stereocenters. The van der Waals surface area contributed by atoms with Gasteiger partial charge in [-0.15, -0.1) is 0 Å². The number of nitrogens with one attached hydrogen (secondary N) is 1. The van der Waals surface area contributed by atoms with Gasteiger partial charge in [0, 0.05) is 36.8 Å². The molecule has 2 fully saturated rings. The molecule has 0 atom stereocenters. The Labute approximate surface area is 234 Å². The normalized spacial score (nSPS) is 15.9. The van der Waals surface area contributed by atoms with E-state index in [2.05, 4.69) is 15.4 Å². The molecule has 2 aliphatic rings. The topological polar surface area (TPSA) is 125 Å². The third-order valence-electron chi connectivity index (χ3n) is 7.46. The highest BCUT2D eigenvalue weighted by atomic mass is 32.2. The summed E-state index contributed by atoms with van der Waals surface area (Å²) in [4.78, 5) is 26.7. The van der Waals surface area contributed by atoms with E-state index in [0.717, 1.165) is 41.4 Å². The number of fused-ring (bicyclic) bond motifs is 1. The molecule has 1 saturated heterocycles. The maximum Gasteiger partial charge on any atom is 0.326 e. The lowest BCUT2D eigenvalue weighted by molar-refractivity contribution is -0.125. The lowest BCUT2D eigenvalue weighted by Crippen LogP contribution is -2.33. The lowest BCUT2D eigenvalue weighted by Gasteiger charge is -2.30. The minimum absolute atomic E-state index is 0.0551. The SMILES string of the molecule is CCCS(=O)(=O)Nc1ccc(-c2c(C#N)c3ccc(OCCCN4C(=O)CN(C)C4=O)cc3n2C2CCC2)cc1. The van der Waals surface area contributed by atoms with E-state index in [4.69, 9.17) is 4.74 Å². The van der Waals surface area contributed by atoms with Gasteiger partial charge in [0.05, 0.1) is 29.1 Å². The first-order chi connectivity index (χ1) is 19.2. The number of nitrogens with zero attached hydrogens (tertiary/aromatic N) is 4. The number of imide groups is 1. The number of likely N-dealkylation sites (N-methyl/N-ethyl adjacent to an activating group) is 1. The largest absolute Gasteiger partial charge is 0.493 e. The number of aromatic nitrogens is 1. The van der Waals surface area contributed by atoms with Gasteiger partial charge < -0.3 is 14.2 Å². The van der Waals surface area contributed by atoms with Crippen LogP contribution in [0.3, 0.4) is 0 Å². The Morgan fingerprint density at radius 2 is 1.88 bits per heavy atom. The van der Waals surface area contributed by atoms with Gasteiger partial charge in [-0.2, -0.15) is 5.26 Å². The van der Waals surface area contributed by atoms with Crippen LogP contribution in [0.2, 0.25) is 0 Å². The van der Waals surface area contributed by atoms with Crippen molar-refractivity contribution in [1.82, 2.24) is 14.4 Å². The highest BCUT2D eigenvalue weighted by Crippen LogP contribution is 2.43. The van der Waals surface area contributed by atoms with Crippen molar-refractivity contribution >= 4 is 38.6 Å². The fourth-order valence-electron chi connectivity index (χ4n) is 5.30. The Hall–Kier alpha value is -4.04. The fraction of sp³-hybridized carbons (Fsp3) is 0.414. The smallest absolute Gasteiger partial charge is 0.326 e. The Balaban J connectivity index is 1.40. The average molecular weight is 564 g/mol. The predicted octanol–water partition coefficient (Wildman–Crippen LogP) is 4.72.